The van der Waals surface area contributed by atoms with Gasteiger partial charge in [0.05, 0.1) is 13.2 Å². The number of anilines is 2. The van der Waals surface area contributed by atoms with Crippen LogP contribution in [0.4, 0.5) is 11.6 Å². The first-order chi connectivity index (χ1) is 12.9. The normalized spacial score (nSPS) is 14.3. The molecular formula is C20H26N4O3. The molecule has 0 saturated carbocycles. The standard InChI is InChI=1S/C20H26N4O3/c1-13-4-5-14(2)17(12-13)22-18(25)7-6-16-15(3)21-20(23-19(16)26)24-8-10-27-11-9-24/h4-5,12H,6-11H2,1-3H3,(H,22,25)(H,21,23,26). The van der Waals surface area contributed by atoms with Gasteiger partial charge < -0.3 is 15.0 Å². The predicted octanol–water partition coefficient (Wildman–Crippen LogP) is 2.10. The summed E-state index contributed by atoms with van der Waals surface area (Å²) in [4.78, 5) is 34.2. The maximum atomic E-state index is 12.5. The van der Waals surface area contributed by atoms with Crippen LogP contribution in [0.25, 0.3) is 0 Å². The van der Waals surface area contributed by atoms with Crippen molar-refractivity contribution in [3.8, 4) is 0 Å². The highest BCUT2D eigenvalue weighted by Gasteiger charge is 2.17. The van der Waals surface area contributed by atoms with Gasteiger partial charge in [-0.3, -0.25) is 14.6 Å². The molecule has 3 rings (SSSR count). The summed E-state index contributed by atoms with van der Waals surface area (Å²) in [6.45, 7) is 8.43. The fourth-order valence-electron chi connectivity index (χ4n) is 3.14. The van der Waals surface area contributed by atoms with Gasteiger partial charge in [-0.1, -0.05) is 12.1 Å². The second-order valence-corrected chi connectivity index (χ2v) is 6.92. The van der Waals surface area contributed by atoms with Crippen molar-refractivity contribution in [2.24, 2.45) is 0 Å². The van der Waals surface area contributed by atoms with Crippen LogP contribution in [0, 0.1) is 20.8 Å². The first kappa shape index (κ1) is 19.1. The Kier molecular flexibility index (Phi) is 5.91. The van der Waals surface area contributed by atoms with Crippen molar-refractivity contribution in [1.29, 1.82) is 0 Å². The topological polar surface area (TPSA) is 87.3 Å². The summed E-state index contributed by atoms with van der Waals surface area (Å²) in [5, 5.41) is 2.93. The molecule has 0 radical (unpaired) electrons. The van der Waals surface area contributed by atoms with E-state index in [0.717, 1.165) is 16.8 Å². The zero-order valence-corrected chi connectivity index (χ0v) is 16.1. The first-order valence-corrected chi connectivity index (χ1v) is 9.23. The Labute approximate surface area is 158 Å². The van der Waals surface area contributed by atoms with E-state index >= 15 is 0 Å². The summed E-state index contributed by atoms with van der Waals surface area (Å²) in [6, 6.07) is 5.94. The second-order valence-electron chi connectivity index (χ2n) is 6.92. The molecule has 1 fully saturated rings. The van der Waals surface area contributed by atoms with E-state index in [-0.39, 0.29) is 17.9 Å². The van der Waals surface area contributed by atoms with Crippen LogP contribution in [-0.4, -0.2) is 42.2 Å². The van der Waals surface area contributed by atoms with E-state index in [4.69, 9.17) is 4.74 Å². The average Bonchev–Trinajstić information content (AvgIpc) is 2.64. The Morgan fingerprint density at radius 2 is 2.00 bits per heavy atom. The lowest BCUT2D eigenvalue weighted by atomic mass is 10.1. The van der Waals surface area contributed by atoms with Gasteiger partial charge in [0.2, 0.25) is 11.9 Å². The predicted molar refractivity (Wildman–Crippen MR) is 105 cm³/mol. The van der Waals surface area contributed by atoms with Crippen LogP contribution in [0.1, 0.15) is 28.8 Å². The van der Waals surface area contributed by atoms with Gasteiger partial charge in [0.1, 0.15) is 0 Å². The van der Waals surface area contributed by atoms with Crippen molar-refractivity contribution >= 4 is 17.5 Å². The van der Waals surface area contributed by atoms with Crippen LogP contribution in [0.3, 0.4) is 0 Å². The number of hydrogen-bond acceptors (Lipinski definition) is 5. The highest BCUT2D eigenvalue weighted by Crippen LogP contribution is 2.17. The fraction of sp³-hybridized carbons (Fsp3) is 0.450. The van der Waals surface area contributed by atoms with E-state index in [9.17, 15) is 9.59 Å². The number of carbonyl (C=O) groups excluding carboxylic acids is 1. The number of hydrogen-bond donors (Lipinski definition) is 2. The number of carbonyl (C=O) groups is 1. The van der Waals surface area contributed by atoms with E-state index in [1.54, 1.807) is 0 Å². The van der Waals surface area contributed by atoms with Crippen molar-refractivity contribution < 1.29 is 9.53 Å². The lowest BCUT2D eigenvalue weighted by molar-refractivity contribution is -0.116. The molecule has 1 aromatic carbocycles. The summed E-state index contributed by atoms with van der Waals surface area (Å²) >= 11 is 0. The summed E-state index contributed by atoms with van der Waals surface area (Å²) in [7, 11) is 0. The van der Waals surface area contributed by atoms with Gasteiger partial charge in [-0.2, -0.15) is 0 Å². The van der Waals surface area contributed by atoms with E-state index in [1.807, 2.05) is 43.9 Å². The molecule has 1 aliphatic rings. The Morgan fingerprint density at radius 1 is 1.26 bits per heavy atom. The molecule has 0 aliphatic carbocycles. The molecule has 2 heterocycles. The van der Waals surface area contributed by atoms with Crippen molar-refractivity contribution in [2.75, 3.05) is 36.5 Å². The van der Waals surface area contributed by atoms with Crippen LogP contribution in [0.15, 0.2) is 23.0 Å². The van der Waals surface area contributed by atoms with Gasteiger partial charge in [0.15, 0.2) is 0 Å². The monoisotopic (exact) mass is 370 g/mol. The lowest BCUT2D eigenvalue weighted by Gasteiger charge is -2.27. The maximum Gasteiger partial charge on any atom is 0.255 e. The number of aromatic nitrogens is 2. The number of rotatable bonds is 5. The minimum absolute atomic E-state index is 0.111. The molecule has 1 aliphatic heterocycles. The molecule has 7 heteroatoms. The van der Waals surface area contributed by atoms with Crippen LogP contribution >= 0.6 is 0 Å². The summed E-state index contributed by atoms with van der Waals surface area (Å²) in [6.07, 6.45) is 0.587. The van der Waals surface area contributed by atoms with Gasteiger partial charge in [-0.25, -0.2) is 4.98 Å². The van der Waals surface area contributed by atoms with E-state index in [0.29, 0.717) is 49.9 Å². The fourth-order valence-corrected chi connectivity index (χ4v) is 3.14. The zero-order chi connectivity index (χ0) is 19.4. The van der Waals surface area contributed by atoms with Gasteiger partial charge in [-0.05, 0) is 44.4 Å². The largest absolute Gasteiger partial charge is 0.378 e. The summed E-state index contributed by atoms with van der Waals surface area (Å²) in [5.41, 5.74) is 3.96. The molecule has 144 valence electrons. The zero-order valence-electron chi connectivity index (χ0n) is 16.1. The number of aryl methyl sites for hydroxylation is 3. The number of ether oxygens (including phenoxy) is 1. The molecule has 0 atom stereocenters. The van der Waals surface area contributed by atoms with Gasteiger partial charge >= 0.3 is 0 Å². The average molecular weight is 370 g/mol. The third-order valence-corrected chi connectivity index (χ3v) is 4.79. The number of nitrogens with one attached hydrogen (secondary N) is 2. The highest BCUT2D eigenvalue weighted by atomic mass is 16.5. The molecule has 2 aromatic rings. The Morgan fingerprint density at radius 3 is 2.70 bits per heavy atom. The third-order valence-electron chi connectivity index (χ3n) is 4.79. The third kappa shape index (κ3) is 4.74. The SMILES string of the molecule is Cc1ccc(C)c(NC(=O)CCc2c(C)nc(N3CCOCC3)[nH]c2=O)c1. The van der Waals surface area contributed by atoms with Crippen LogP contribution in [0.5, 0.6) is 0 Å². The molecule has 7 nitrogen and oxygen atoms in total. The summed E-state index contributed by atoms with van der Waals surface area (Å²) in [5.74, 6) is 0.462. The minimum Gasteiger partial charge on any atom is -0.378 e. The Balaban J connectivity index is 1.66. The second kappa shape index (κ2) is 8.35. The van der Waals surface area contributed by atoms with Crippen molar-refractivity contribution in [2.45, 2.75) is 33.6 Å². The number of nitrogens with zero attached hydrogens (tertiary/aromatic N) is 2. The van der Waals surface area contributed by atoms with Crippen LogP contribution < -0.4 is 15.8 Å². The molecule has 27 heavy (non-hydrogen) atoms. The Bertz CT molecular complexity index is 885. The number of amides is 1. The van der Waals surface area contributed by atoms with Crippen LogP contribution in [-0.2, 0) is 16.0 Å². The molecule has 2 N–H and O–H groups in total. The lowest BCUT2D eigenvalue weighted by Crippen LogP contribution is -2.38. The number of H-pyrrole nitrogens is 1. The minimum atomic E-state index is -0.177. The van der Waals surface area contributed by atoms with E-state index in [1.165, 1.54) is 0 Å². The van der Waals surface area contributed by atoms with Gasteiger partial charge in [0.25, 0.3) is 5.56 Å². The highest BCUT2D eigenvalue weighted by molar-refractivity contribution is 5.91. The van der Waals surface area contributed by atoms with Gasteiger partial charge in [0, 0.05) is 36.5 Å². The molecule has 0 bridgehead atoms. The smallest absolute Gasteiger partial charge is 0.255 e. The molecule has 1 saturated heterocycles. The summed E-state index contributed by atoms with van der Waals surface area (Å²) < 4.78 is 5.33. The quantitative estimate of drug-likeness (QED) is 0.842. The van der Waals surface area contributed by atoms with Crippen molar-refractivity contribution in [1.82, 2.24) is 9.97 Å². The first-order valence-electron chi connectivity index (χ1n) is 9.23. The Hall–Kier alpha value is -2.67. The molecule has 0 spiro atoms. The van der Waals surface area contributed by atoms with Crippen LogP contribution in [0.2, 0.25) is 0 Å². The molecular weight excluding hydrogens is 344 g/mol. The number of morpholine rings is 1. The number of benzene rings is 1. The van der Waals surface area contributed by atoms with E-state index < -0.39 is 0 Å². The maximum absolute atomic E-state index is 12.5. The molecule has 1 aromatic heterocycles. The molecule has 0 unspecified atom stereocenters. The molecule has 1 amide bonds. The van der Waals surface area contributed by atoms with Gasteiger partial charge in [-0.15, -0.1) is 0 Å². The number of aromatic amines is 1. The van der Waals surface area contributed by atoms with Crippen molar-refractivity contribution in [3.05, 3.63) is 50.9 Å². The van der Waals surface area contributed by atoms with E-state index in [2.05, 4.69) is 15.3 Å². The van der Waals surface area contributed by atoms with Crippen molar-refractivity contribution in [3.63, 3.8) is 0 Å².